The smallest absolute Gasteiger partial charge is 0.119 e. The van der Waals surface area contributed by atoms with E-state index in [0.717, 1.165) is 49.5 Å². The fourth-order valence-electron chi connectivity index (χ4n) is 2.70. The van der Waals surface area contributed by atoms with Crippen LogP contribution in [0.3, 0.4) is 0 Å². The van der Waals surface area contributed by atoms with Gasteiger partial charge in [-0.05, 0) is 27.2 Å². The summed E-state index contributed by atoms with van der Waals surface area (Å²) in [4.78, 5) is 7.02. The molecule has 1 aliphatic heterocycles. The zero-order valence-electron chi connectivity index (χ0n) is 15.3. The molecular weight excluding hydrogens is 286 g/mol. The quantitative estimate of drug-likeness (QED) is 0.442. The summed E-state index contributed by atoms with van der Waals surface area (Å²) in [6.07, 6.45) is 6.97. The molecule has 0 aromatic heterocycles. The fourth-order valence-corrected chi connectivity index (χ4v) is 2.70. The van der Waals surface area contributed by atoms with Gasteiger partial charge in [0, 0.05) is 54.9 Å². The van der Waals surface area contributed by atoms with Crippen LogP contribution in [0.2, 0.25) is 0 Å². The molecule has 0 unspecified atom stereocenters. The molecule has 1 heterocycles. The summed E-state index contributed by atoms with van der Waals surface area (Å²) >= 11 is 0. The van der Waals surface area contributed by atoms with Gasteiger partial charge in [0.1, 0.15) is 5.76 Å². The third-order valence-electron chi connectivity index (χ3n) is 4.03. The maximum atomic E-state index is 5.40. The van der Waals surface area contributed by atoms with Crippen molar-refractivity contribution in [2.75, 3.05) is 33.3 Å². The minimum absolute atomic E-state index is 0.672. The van der Waals surface area contributed by atoms with E-state index in [1.54, 1.807) is 7.11 Å². The Balaban J connectivity index is 3.31. The second-order valence-corrected chi connectivity index (χ2v) is 5.53. The van der Waals surface area contributed by atoms with Gasteiger partial charge in [0.2, 0.25) is 0 Å². The first-order valence-electron chi connectivity index (χ1n) is 8.33. The van der Waals surface area contributed by atoms with Crippen LogP contribution in [-0.4, -0.2) is 43.9 Å². The van der Waals surface area contributed by atoms with Gasteiger partial charge in [-0.15, -0.1) is 0 Å². The number of nitrogens with one attached hydrogen (secondary N) is 1. The highest BCUT2D eigenvalue weighted by molar-refractivity contribution is 6.04. The Morgan fingerprint density at radius 1 is 1.30 bits per heavy atom. The maximum Gasteiger partial charge on any atom is 0.119 e. The van der Waals surface area contributed by atoms with Crippen LogP contribution in [-0.2, 0) is 4.74 Å². The number of rotatable bonds is 7. The number of piperazine rings is 1. The van der Waals surface area contributed by atoms with Gasteiger partial charge < -0.3 is 15.0 Å². The lowest BCUT2D eigenvalue weighted by molar-refractivity contribution is 0.294. The Kier molecular flexibility index (Phi) is 8.41. The predicted molar refractivity (Wildman–Crippen MR) is 99.6 cm³/mol. The highest BCUT2D eigenvalue weighted by Crippen LogP contribution is 2.26. The molecule has 23 heavy (non-hydrogen) atoms. The summed E-state index contributed by atoms with van der Waals surface area (Å²) in [7, 11) is 1.66. The van der Waals surface area contributed by atoms with Crippen molar-refractivity contribution in [1.29, 1.82) is 0 Å². The van der Waals surface area contributed by atoms with E-state index in [1.165, 1.54) is 5.70 Å². The summed E-state index contributed by atoms with van der Waals surface area (Å²) in [5.74, 6) is 0.672. The number of allylic oxidation sites excluding steroid dienone is 4. The maximum absolute atomic E-state index is 5.40. The van der Waals surface area contributed by atoms with Gasteiger partial charge in [0.15, 0.2) is 0 Å². The average Bonchev–Trinajstić information content (AvgIpc) is 2.59. The van der Waals surface area contributed by atoms with Gasteiger partial charge in [-0.1, -0.05) is 25.7 Å². The number of nitrogens with zero attached hydrogens (tertiary/aromatic N) is 2. The predicted octanol–water partition coefficient (Wildman–Crippen LogP) is 3.66. The minimum atomic E-state index is 0.672. The number of ether oxygens (including phenoxy) is 1. The Hall–Kier alpha value is -1.81. The molecule has 0 aliphatic carbocycles. The van der Waals surface area contributed by atoms with E-state index in [4.69, 9.17) is 4.74 Å². The van der Waals surface area contributed by atoms with E-state index >= 15 is 0 Å². The summed E-state index contributed by atoms with van der Waals surface area (Å²) in [5, 5.41) is 3.39. The lowest BCUT2D eigenvalue weighted by atomic mass is 9.97. The number of hydrogen-bond donors (Lipinski definition) is 1. The minimum Gasteiger partial charge on any atom is -0.497 e. The monoisotopic (exact) mass is 317 g/mol. The van der Waals surface area contributed by atoms with E-state index in [9.17, 15) is 0 Å². The topological polar surface area (TPSA) is 36.9 Å². The molecule has 1 fully saturated rings. The van der Waals surface area contributed by atoms with Gasteiger partial charge in [-0.2, -0.15) is 0 Å². The zero-order valence-corrected chi connectivity index (χ0v) is 15.3. The number of hydrogen-bond acceptors (Lipinski definition) is 4. The molecule has 4 nitrogen and oxygen atoms in total. The third kappa shape index (κ3) is 5.39. The van der Waals surface area contributed by atoms with Crippen LogP contribution in [0.4, 0.5) is 0 Å². The van der Waals surface area contributed by atoms with Crippen LogP contribution in [0.5, 0.6) is 0 Å². The van der Waals surface area contributed by atoms with E-state index in [0.29, 0.717) is 5.76 Å². The molecule has 0 saturated carbocycles. The highest BCUT2D eigenvalue weighted by atomic mass is 16.5. The Labute approximate surface area is 141 Å². The standard InChI is InChI=1S/C19H31N3O/c1-7-9-10-21-15(3)19(18(8-2)17(5)23-6)16(4)22-13-11-20-12-14-22/h8-10,20H,5,7,11-14H2,1-4,6H3/b10-9+,18-8-,19-16-,21-15+. The van der Waals surface area contributed by atoms with Crippen molar-refractivity contribution in [1.82, 2.24) is 10.2 Å². The van der Waals surface area contributed by atoms with Gasteiger partial charge in [-0.25, -0.2) is 0 Å². The lowest BCUT2D eigenvalue weighted by Crippen LogP contribution is -2.43. The van der Waals surface area contributed by atoms with Crippen LogP contribution in [0.15, 0.2) is 52.5 Å². The van der Waals surface area contributed by atoms with Crippen molar-refractivity contribution >= 4 is 5.71 Å². The molecular formula is C19H31N3O. The molecule has 0 aromatic carbocycles. The summed E-state index contributed by atoms with van der Waals surface area (Å²) in [6, 6.07) is 0. The molecule has 0 bridgehead atoms. The molecule has 1 rings (SSSR count). The Morgan fingerprint density at radius 3 is 2.48 bits per heavy atom. The van der Waals surface area contributed by atoms with Gasteiger partial charge in [0.05, 0.1) is 7.11 Å². The van der Waals surface area contributed by atoms with Crippen molar-refractivity contribution in [3.8, 4) is 0 Å². The molecule has 1 aliphatic rings. The molecule has 0 radical (unpaired) electrons. The summed E-state index contributed by atoms with van der Waals surface area (Å²) in [6.45, 7) is 16.4. The molecule has 4 heteroatoms. The van der Waals surface area contributed by atoms with Crippen molar-refractivity contribution in [2.45, 2.75) is 34.1 Å². The third-order valence-corrected chi connectivity index (χ3v) is 4.03. The highest BCUT2D eigenvalue weighted by Gasteiger charge is 2.20. The molecule has 0 amide bonds. The van der Waals surface area contributed by atoms with Crippen molar-refractivity contribution < 1.29 is 4.74 Å². The number of aliphatic imine (C=N–C) groups is 1. The van der Waals surface area contributed by atoms with Crippen LogP contribution in [0, 0.1) is 0 Å². The largest absolute Gasteiger partial charge is 0.497 e. The molecule has 1 N–H and O–H groups in total. The fraction of sp³-hybridized carbons (Fsp3) is 0.526. The van der Waals surface area contributed by atoms with Gasteiger partial charge in [-0.3, -0.25) is 4.99 Å². The lowest BCUT2D eigenvalue weighted by Gasteiger charge is -2.32. The van der Waals surface area contributed by atoms with Crippen LogP contribution in [0.1, 0.15) is 34.1 Å². The first kappa shape index (κ1) is 19.2. The SMILES string of the molecule is C=C(OC)C(=C/C)/C(C(/C)=N/C=C/CC)=C(/C)N1CCNCC1. The first-order valence-corrected chi connectivity index (χ1v) is 8.33. The molecule has 0 spiro atoms. The van der Waals surface area contributed by atoms with E-state index < -0.39 is 0 Å². The first-order chi connectivity index (χ1) is 11.1. The summed E-state index contributed by atoms with van der Waals surface area (Å²) < 4.78 is 5.40. The van der Waals surface area contributed by atoms with Gasteiger partial charge >= 0.3 is 0 Å². The molecule has 1 saturated heterocycles. The molecule has 128 valence electrons. The zero-order chi connectivity index (χ0) is 17.2. The summed E-state index contributed by atoms with van der Waals surface area (Å²) in [5.41, 5.74) is 4.33. The van der Waals surface area contributed by atoms with Crippen molar-refractivity contribution in [3.63, 3.8) is 0 Å². The van der Waals surface area contributed by atoms with Crippen molar-refractivity contribution in [3.05, 3.63) is 47.5 Å². The Bertz CT molecular complexity index is 521. The average molecular weight is 317 g/mol. The van der Waals surface area contributed by atoms with Crippen molar-refractivity contribution in [2.24, 2.45) is 4.99 Å². The Morgan fingerprint density at radius 2 is 1.96 bits per heavy atom. The molecule has 0 atom stereocenters. The van der Waals surface area contributed by atoms with Crippen LogP contribution >= 0.6 is 0 Å². The molecule has 0 aromatic rings. The van der Waals surface area contributed by atoms with Crippen LogP contribution < -0.4 is 5.32 Å². The van der Waals surface area contributed by atoms with Crippen LogP contribution in [0.25, 0.3) is 0 Å². The second-order valence-electron chi connectivity index (χ2n) is 5.53. The van der Waals surface area contributed by atoms with E-state index in [-0.39, 0.29) is 0 Å². The second kappa shape index (κ2) is 10.1. The van der Waals surface area contributed by atoms with E-state index in [2.05, 4.69) is 47.8 Å². The van der Waals surface area contributed by atoms with E-state index in [1.807, 2.05) is 20.0 Å². The van der Waals surface area contributed by atoms with Gasteiger partial charge in [0.25, 0.3) is 0 Å². The normalized spacial score (nSPS) is 18.2. The number of methoxy groups -OCH3 is 1.